The molecule has 2 heterocycles. The number of H-pyrrole nitrogens is 1. The molecule has 3 aromatic rings. The normalized spacial score (nSPS) is 12.2. The van der Waals surface area contributed by atoms with Crippen molar-refractivity contribution < 1.29 is 4.79 Å². The first-order valence-electron chi connectivity index (χ1n) is 7.77. The molecule has 1 atom stereocenters. The number of aromatic nitrogens is 4. The van der Waals surface area contributed by atoms with E-state index in [1.54, 1.807) is 18.2 Å². The predicted octanol–water partition coefficient (Wildman–Crippen LogP) is 1.18. The van der Waals surface area contributed by atoms with Gasteiger partial charge in [0.15, 0.2) is 0 Å². The van der Waals surface area contributed by atoms with E-state index in [4.69, 9.17) is 0 Å². The highest BCUT2D eigenvalue weighted by Crippen LogP contribution is 2.05. The molecule has 124 valence electrons. The van der Waals surface area contributed by atoms with Gasteiger partial charge in [0.05, 0.1) is 22.9 Å². The van der Waals surface area contributed by atoms with E-state index in [1.807, 2.05) is 26.0 Å². The summed E-state index contributed by atoms with van der Waals surface area (Å²) in [7, 11) is 0. The third-order valence-electron chi connectivity index (χ3n) is 3.73. The van der Waals surface area contributed by atoms with Crippen molar-refractivity contribution >= 4 is 16.8 Å². The number of aromatic amines is 1. The molecule has 24 heavy (non-hydrogen) atoms. The van der Waals surface area contributed by atoms with Crippen molar-refractivity contribution in [2.45, 2.75) is 32.9 Å². The summed E-state index contributed by atoms with van der Waals surface area (Å²) in [6.07, 6.45) is 2.03. The molecule has 2 N–H and O–H groups in total. The van der Waals surface area contributed by atoms with Crippen molar-refractivity contribution in [2.75, 3.05) is 0 Å². The number of benzene rings is 1. The summed E-state index contributed by atoms with van der Waals surface area (Å²) in [5.41, 5.74) is 2.29. The highest BCUT2D eigenvalue weighted by atomic mass is 16.2. The van der Waals surface area contributed by atoms with Crippen LogP contribution in [0, 0.1) is 6.92 Å². The van der Waals surface area contributed by atoms with Gasteiger partial charge in [0.2, 0.25) is 5.91 Å². The molecule has 0 spiro atoms. The van der Waals surface area contributed by atoms with Gasteiger partial charge in [0, 0.05) is 18.2 Å². The van der Waals surface area contributed by atoms with Gasteiger partial charge >= 0.3 is 0 Å². The van der Waals surface area contributed by atoms with Crippen LogP contribution < -0.4 is 10.9 Å². The van der Waals surface area contributed by atoms with Gasteiger partial charge in [-0.1, -0.05) is 12.1 Å². The van der Waals surface area contributed by atoms with Gasteiger partial charge in [-0.05, 0) is 32.0 Å². The van der Waals surface area contributed by atoms with Crippen molar-refractivity contribution in [1.29, 1.82) is 0 Å². The lowest BCUT2D eigenvalue weighted by Crippen LogP contribution is -2.38. The molecule has 0 saturated carbocycles. The van der Waals surface area contributed by atoms with Gasteiger partial charge in [0.25, 0.3) is 5.56 Å². The Morgan fingerprint density at radius 3 is 2.92 bits per heavy atom. The molecule has 7 nitrogen and oxygen atoms in total. The minimum absolute atomic E-state index is 0.0550. The average Bonchev–Trinajstić information content (AvgIpc) is 2.95. The second-order valence-corrected chi connectivity index (χ2v) is 5.91. The van der Waals surface area contributed by atoms with Crippen LogP contribution in [-0.2, 0) is 17.8 Å². The summed E-state index contributed by atoms with van der Waals surface area (Å²) in [5.74, 6) is -0.228. The molecule has 0 radical (unpaired) electrons. The van der Waals surface area contributed by atoms with Crippen LogP contribution in [0.3, 0.4) is 0 Å². The Hall–Kier alpha value is -2.96. The topological polar surface area (TPSA) is 92.7 Å². The standard InChI is InChI=1S/C17H19N5O2/c1-11(7-13-8-12(2)20-21-13)19-16(23)9-22-10-18-15-6-4-3-5-14(15)17(22)24/h3-6,8,10-11H,7,9H2,1-2H3,(H,19,23)(H,20,21)/t11-/m1/s1. The summed E-state index contributed by atoms with van der Waals surface area (Å²) >= 11 is 0. The maximum absolute atomic E-state index is 12.4. The number of hydrogen-bond donors (Lipinski definition) is 2. The van der Waals surface area contributed by atoms with Crippen molar-refractivity contribution in [3.63, 3.8) is 0 Å². The lowest BCUT2D eigenvalue weighted by molar-refractivity contribution is -0.122. The number of para-hydroxylation sites is 1. The Balaban J connectivity index is 1.66. The molecule has 2 aromatic heterocycles. The fraction of sp³-hybridized carbons (Fsp3) is 0.294. The Kier molecular flexibility index (Phi) is 4.41. The largest absolute Gasteiger partial charge is 0.352 e. The monoisotopic (exact) mass is 325 g/mol. The summed E-state index contributed by atoms with van der Waals surface area (Å²) in [5, 5.41) is 10.4. The first-order chi connectivity index (χ1) is 11.5. The second kappa shape index (κ2) is 6.66. The number of fused-ring (bicyclic) bond motifs is 1. The Morgan fingerprint density at radius 2 is 2.17 bits per heavy atom. The first kappa shape index (κ1) is 15.9. The lowest BCUT2D eigenvalue weighted by Gasteiger charge is -2.13. The number of aryl methyl sites for hydroxylation is 1. The van der Waals surface area contributed by atoms with E-state index >= 15 is 0 Å². The molecular formula is C17H19N5O2. The number of carbonyl (C=O) groups is 1. The van der Waals surface area contributed by atoms with Crippen LogP contribution in [0.2, 0.25) is 0 Å². The zero-order valence-corrected chi connectivity index (χ0v) is 13.6. The quantitative estimate of drug-likeness (QED) is 0.736. The summed E-state index contributed by atoms with van der Waals surface area (Å²) in [6.45, 7) is 3.78. The Morgan fingerprint density at radius 1 is 1.38 bits per heavy atom. The summed E-state index contributed by atoms with van der Waals surface area (Å²) in [6, 6.07) is 8.95. The van der Waals surface area contributed by atoms with E-state index in [0.717, 1.165) is 11.4 Å². The smallest absolute Gasteiger partial charge is 0.261 e. The van der Waals surface area contributed by atoms with E-state index in [0.29, 0.717) is 17.3 Å². The molecule has 1 aromatic carbocycles. The number of amides is 1. The minimum atomic E-state index is -0.228. The third-order valence-corrected chi connectivity index (χ3v) is 3.73. The number of carbonyl (C=O) groups excluding carboxylic acids is 1. The molecule has 0 fully saturated rings. The SMILES string of the molecule is Cc1cc(C[C@@H](C)NC(=O)Cn2cnc3ccccc3c2=O)n[nH]1. The molecule has 0 bridgehead atoms. The van der Waals surface area contributed by atoms with Crippen LogP contribution in [0.25, 0.3) is 10.9 Å². The molecule has 0 unspecified atom stereocenters. The highest BCUT2D eigenvalue weighted by Gasteiger charge is 2.12. The zero-order chi connectivity index (χ0) is 17.1. The number of hydrogen-bond acceptors (Lipinski definition) is 4. The zero-order valence-electron chi connectivity index (χ0n) is 13.6. The van der Waals surface area contributed by atoms with Crippen molar-refractivity contribution in [3.8, 4) is 0 Å². The van der Waals surface area contributed by atoms with E-state index in [9.17, 15) is 9.59 Å². The molecule has 7 heteroatoms. The number of nitrogens with zero attached hydrogens (tertiary/aromatic N) is 3. The average molecular weight is 325 g/mol. The first-order valence-corrected chi connectivity index (χ1v) is 7.77. The van der Waals surface area contributed by atoms with Gasteiger partial charge in [-0.25, -0.2) is 4.98 Å². The van der Waals surface area contributed by atoms with Crippen LogP contribution in [0.1, 0.15) is 18.3 Å². The molecule has 0 saturated heterocycles. The van der Waals surface area contributed by atoms with E-state index in [1.165, 1.54) is 10.9 Å². The molecule has 0 aliphatic heterocycles. The van der Waals surface area contributed by atoms with Gasteiger partial charge in [0.1, 0.15) is 6.54 Å². The summed E-state index contributed by atoms with van der Waals surface area (Å²) < 4.78 is 1.32. The maximum Gasteiger partial charge on any atom is 0.261 e. The van der Waals surface area contributed by atoms with Crippen LogP contribution in [0.15, 0.2) is 41.5 Å². The molecule has 1 amide bonds. The number of rotatable bonds is 5. The molecule has 0 aliphatic rings. The molecular weight excluding hydrogens is 306 g/mol. The Labute approximate surface area is 138 Å². The van der Waals surface area contributed by atoms with Gasteiger partial charge in [-0.15, -0.1) is 0 Å². The van der Waals surface area contributed by atoms with E-state index in [-0.39, 0.29) is 24.1 Å². The fourth-order valence-electron chi connectivity index (χ4n) is 2.64. The summed E-state index contributed by atoms with van der Waals surface area (Å²) in [4.78, 5) is 28.8. The van der Waals surface area contributed by atoms with E-state index < -0.39 is 0 Å². The van der Waals surface area contributed by atoms with Gasteiger partial charge < -0.3 is 5.32 Å². The van der Waals surface area contributed by atoms with E-state index in [2.05, 4.69) is 20.5 Å². The molecule has 0 aliphatic carbocycles. The van der Waals surface area contributed by atoms with Crippen LogP contribution in [-0.4, -0.2) is 31.7 Å². The van der Waals surface area contributed by atoms with Crippen LogP contribution in [0.5, 0.6) is 0 Å². The Bertz CT molecular complexity index is 928. The highest BCUT2D eigenvalue weighted by molar-refractivity contribution is 5.79. The van der Waals surface area contributed by atoms with Crippen molar-refractivity contribution in [1.82, 2.24) is 25.1 Å². The van der Waals surface area contributed by atoms with Gasteiger partial charge in [-0.3, -0.25) is 19.3 Å². The third kappa shape index (κ3) is 3.51. The second-order valence-electron chi connectivity index (χ2n) is 5.91. The van der Waals surface area contributed by atoms with Crippen LogP contribution >= 0.6 is 0 Å². The van der Waals surface area contributed by atoms with Crippen LogP contribution in [0.4, 0.5) is 0 Å². The van der Waals surface area contributed by atoms with Gasteiger partial charge in [-0.2, -0.15) is 5.10 Å². The fourth-order valence-corrected chi connectivity index (χ4v) is 2.64. The number of nitrogens with one attached hydrogen (secondary N) is 2. The maximum atomic E-state index is 12.4. The lowest BCUT2D eigenvalue weighted by atomic mass is 10.2. The predicted molar refractivity (Wildman–Crippen MR) is 90.6 cm³/mol. The van der Waals surface area contributed by atoms with Crippen molar-refractivity contribution in [3.05, 3.63) is 58.4 Å². The van der Waals surface area contributed by atoms with Crippen molar-refractivity contribution in [2.24, 2.45) is 0 Å². The molecule has 3 rings (SSSR count). The minimum Gasteiger partial charge on any atom is -0.352 e.